The number of anilines is 2. The molecule has 0 saturated carbocycles. The fraction of sp³-hybridized carbons (Fsp3) is 0.583. The maximum Gasteiger partial charge on any atom is 0.171 e. The third-order valence-electron chi connectivity index (χ3n) is 3.25. The van der Waals surface area contributed by atoms with E-state index in [2.05, 4.69) is 0 Å². The van der Waals surface area contributed by atoms with Crippen molar-refractivity contribution in [2.45, 2.75) is 18.2 Å². The molecule has 2 N–H and O–H groups in total. The Morgan fingerprint density at radius 3 is 2.65 bits per heavy atom. The van der Waals surface area contributed by atoms with Crippen LogP contribution in [0.4, 0.5) is 10.7 Å². The molecule has 0 spiro atoms. The Hall–Kier alpha value is -0.730. The molecule has 1 aliphatic rings. The number of nitrogens with zero attached hydrogens (tertiary/aromatic N) is 1. The minimum atomic E-state index is -2.94. The van der Waals surface area contributed by atoms with Crippen molar-refractivity contribution in [1.29, 1.82) is 0 Å². The van der Waals surface area contributed by atoms with Gasteiger partial charge in [-0.1, -0.05) is 0 Å². The first-order valence-electron chi connectivity index (χ1n) is 6.28. The Balaban J connectivity index is 2.37. The van der Waals surface area contributed by atoms with E-state index >= 15 is 0 Å². The predicted octanol–water partition coefficient (Wildman–Crippen LogP) is 1.88. The predicted molar refractivity (Wildman–Crippen MR) is 86.0 cm³/mol. The third kappa shape index (κ3) is 3.12. The van der Waals surface area contributed by atoms with Crippen molar-refractivity contribution >= 4 is 49.4 Å². The lowest BCUT2D eigenvalue weighted by Gasteiger charge is -2.21. The van der Waals surface area contributed by atoms with Crippen molar-refractivity contribution in [2.24, 2.45) is 0 Å². The molecular formula is C12H18N2O3S3. The van der Waals surface area contributed by atoms with E-state index in [0.29, 0.717) is 30.1 Å². The topological polar surface area (TPSA) is 80.5 Å². The van der Waals surface area contributed by atoms with E-state index in [1.54, 1.807) is 0 Å². The van der Waals surface area contributed by atoms with Crippen LogP contribution in [0.15, 0.2) is 4.90 Å². The average Bonchev–Trinajstić information content (AvgIpc) is 2.59. The second-order valence-electron chi connectivity index (χ2n) is 4.73. The van der Waals surface area contributed by atoms with Crippen LogP contribution >= 0.6 is 23.1 Å². The molecule has 1 fully saturated rings. The minimum absolute atomic E-state index is 0.0449. The van der Waals surface area contributed by atoms with Crippen molar-refractivity contribution in [1.82, 2.24) is 0 Å². The van der Waals surface area contributed by atoms with Gasteiger partial charge >= 0.3 is 0 Å². The van der Waals surface area contributed by atoms with Crippen LogP contribution in [0.1, 0.15) is 23.0 Å². The van der Waals surface area contributed by atoms with Crippen LogP contribution in [-0.2, 0) is 9.84 Å². The Bertz CT molecular complexity index is 622. The van der Waals surface area contributed by atoms with Gasteiger partial charge in [-0.05, 0) is 12.7 Å². The molecule has 0 radical (unpaired) electrons. The molecule has 2 rings (SSSR count). The second kappa shape index (κ2) is 5.95. The maximum absolute atomic E-state index is 11.7. The van der Waals surface area contributed by atoms with E-state index in [1.165, 1.54) is 30.0 Å². The fourth-order valence-corrected chi connectivity index (χ4v) is 5.63. The summed E-state index contributed by atoms with van der Waals surface area (Å²) in [6.07, 6.45) is 2.53. The van der Waals surface area contributed by atoms with E-state index in [0.717, 1.165) is 9.90 Å². The monoisotopic (exact) mass is 334 g/mol. The van der Waals surface area contributed by atoms with Crippen molar-refractivity contribution in [2.75, 3.05) is 41.5 Å². The van der Waals surface area contributed by atoms with Crippen molar-refractivity contribution in [3.8, 4) is 0 Å². The number of nitrogens with two attached hydrogens (primary N) is 1. The zero-order chi connectivity index (χ0) is 14.9. The first-order valence-corrected chi connectivity index (χ1v) is 10.1. The van der Waals surface area contributed by atoms with Crippen molar-refractivity contribution in [3.63, 3.8) is 0 Å². The lowest BCUT2D eigenvalue weighted by atomic mass is 10.3. The van der Waals surface area contributed by atoms with E-state index < -0.39 is 9.84 Å². The lowest BCUT2D eigenvalue weighted by Crippen LogP contribution is -2.26. The molecule has 0 unspecified atom stereocenters. The number of carbonyl (C=O) groups is 1. The van der Waals surface area contributed by atoms with Gasteiger partial charge in [0.2, 0.25) is 0 Å². The number of rotatable bonds is 3. The Kier molecular flexibility index (Phi) is 4.66. The van der Waals surface area contributed by atoms with Gasteiger partial charge in [-0.2, -0.15) is 0 Å². The molecule has 112 valence electrons. The van der Waals surface area contributed by atoms with Crippen LogP contribution in [0.3, 0.4) is 0 Å². The number of Topliss-reactive ketones (excluding diaryl/α,β-unsaturated/α-hetero) is 1. The first-order chi connectivity index (χ1) is 9.35. The highest BCUT2D eigenvalue weighted by Gasteiger charge is 2.25. The van der Waals surface area contributed by atoms with Gasteiger partial charge in [0, 0.05) is 20.0 Å². The zero-order valence-corrected chi connectivity index (χ0v) is 14.0. The fourth-order valence-electron chi connectivity index (χ4n) is 2.22. The van der Waals surface area contributed by atoms with Gasteiger partial charge in [0.05, 0.1) is 27.0 Å². The van der Waals surface area contributed by atoms with Gasteiger partial charge in [0.25, 0.3) is 0 Å². The molecule has 1 aromatic heterocycles. The number of nitrogen functional groups attached to an aromatic ring is 1. The van der Waals surface area contributed by atoms with Gasteiger partial charge in [-0.3, -0.25) is 4.79 Å². The lowest BCUT2D eigenvalue weighted by molar-refractivity contribution is 0.102. The quantitative estimate of drug-likeness (QED) is 0.671. The van der Waals surface area contributed by atoms with Crippen molar-refractivity contribution < 1.29 is 13.2 Å². The Morgan fingerprint density at radius 1 is 1.35 bits per heavy atom. The molecule has 1 saturated heterocycles. The van der Waals surface area contributed by atoms with Gasteiger partial charge in [0.1, 0.15) is 5.00 Å². The van der Waals surface area contributed by atoms with E-state index in [4.69, 9.17) is 5.73 Å². The summed E-state index contributed by atoms with van der Waals surface area (Å²) in [5.74, 6) is 0.350. The molecule has 20 heavy (non-hydrogen) atoms. The Labute approximate surface area is 127 Å². The summed E-state index contributed by atoms with van der Waals surface area (Å²) in [7, 11) is -2.94. The van der Waals surface area contributed by atoms with Crippen LogP contribution in [0.5, 0.6) is 0 Å². The maximum atomic E-state index is 11.7. The summed E-state index contributed by atoms with van der Waals surface area (Å²) < 4.78 is 23.3. The van der Waals surface area contributed by atoms with Crippen LogP contribution < -0.4 is 10.6 Å². The third-order valence-corrected chi connectivity index (χ3v) is 7.28. The molecule has 0 atom stereocenters. The van der Waals surface area contributed by atoms with E-state index in [9.17, 15) is 13.2 Å². The summed E-state index contributed by atoms with van der Waals surface area (Å²) in [4.78, 5) is 15.1. The van der Waals surface area contributed by atoms with Gasteiger partial charge in [0.15, 0.2) is 15.6 Å². The number of hydrogen-bond donors (Lipinski definition) is 1. The number of carbonyl (C=O) groups excluding carboxylic acids is 1. The molecule has 8 heteroatoms. The normalized spacial score (nSPS) is 18.8. The zero-order valence-electron chi connectivity index (χ0n) is 11.5. The average molecular weight is 334 g/mol. The number of thioether (sulfide) groups is 1. The number of ketones is 1. The molecule has 1 aromatic rings. The molecule has 0 bridgehead atoms. The molecule has 1 aliphatic heterocycles. The second-order valence-corrected chi connectivity index (χ2v) is 8.85. The molecule has 0 amide bonds. The van der Waals surface area contributed by atoms with Gasteiger partial charge in [-0.15, -0.1) is 23.1 Å². The van der Waals surface area contributed by atoms with E-state index in [-0.39, 0.29) is 17.3 Å². The molecule has 5 nitrogen and oxygen atoms in total. The summed E-state index contributed by atoms with van der Waals surface area (Å²) in [6, 6.07) is 0. The first kappa shape index (κ1) is 15.7. The number of thiophene rings is 1. The SMILES string of the molecule is CSc1c(N2CCCS(=O)(=O)CC2)sc(C(C)=O)c1N. The number of sulfone groups is 1. The minimum Gasteiger partial charge on any atom is -0.396 e. The van der Waals surface area contributed by atoms with E-state index in [1.807, 2.05) is 11.2 Å². The summed E-state index contributed by atoms with van der Waals surface area (Å²) in [5, 5.41) is 0.928. The highest BCUT2D eigenvalue weighted by Crippen LogP contribution is 2.44. The molecule has 0 aromatic carbocycles. The number of hydrogen-bond acceptors (Lipinski definition) is 7. The standard InChI is InChI=1S/C12H18N2O3S3/c1-8(15)10-9(13)11(18-2)12(19-10)14-4-3-6-20(16,17)7-5-14/h3-7,13H2,1-2H3. The molecule has 2 heterocycles. The van der Waals surface area contributed by atoms with Crippen molar-refractivity contribution in [3.05, 3.63) is 4.88 Å². The largest absolute Gasteiger partial charge is 0.396 e. The van der Waals surface area contributed by atoms with Crippen LogP contribution in [0.2, 0.25) is 0 Å². The van der Waals surface area contributed by atoms with Gasteiger partial charge < -0.3 is 10.6 Å². The highest BCUT2D eigenvalue weighted by atomic mass is 32.2. The smallest absolute Gasteiger partial charge is 0.171 e. The molecular weight excluding hydrogens is 316 g/mol. The van der Waals surface area contributed by atoms with Crippen LogP contribution in [-0.4, -0.2) is 45.1 Å². The summed E-state index contributed by atoms with van der Waals surface area (Å²) in [5.41, 5.74) is 6.56. The Morgan fingerprint density at radius 2 is 2.05 bits per heavy atom. The van der Waals surface area contributed by atoms with Crippen LogP contribution in [0.25, 0.3) is 0 Å². The molecule has 0 aliphatic carbocycles. The summed E-state index contributed by atoms with van der Waals surface area (Å²) in [6.45, 7) is 2.65. The summed E-state index contributed by atoms with van der Waals surface area (Å²) >= 11 is 2.87. The van der Waals surface area contributed by atoms with Crippen LogP contribution in [0, 0.1) is 0 Å². The highest BCUT2D eigenvalue weighted by molar-refractivity contribution is 7.99. The van der Waals surface area contributed by atoms with Gasteiger partial charge in [-0.25, -0.2) is 8.42 Å².